The van der Waals surface area contributed by atoms with Crippen LogP contribution in [0.2, 0.25) is 0 Å². The zero-order valence-electron chi connectivity index (χ0n) is 18.8. The molecular formula is C24H21F6N3O3. The second-order valence-corrected chi connectivity index (χ2v) is 8.70. The number of aryl methyl sites for hydroxylation is 1. The van der Waals surface area contributed by atoms with E-state index in [0.29, 0.717) is 18.3 Å². The SMILES string of the molecule is Cc1noc(-c2cccc(NC(=O)C(O)(C(c3ccccc3C(F)(F)F)C3CCC3)C(F)(F)F)c2)n1. The van der Waals surface area contributed by atoms with E-state index in [0.717, 1.165) is 18.2 Å². The molecule has 1 fully saturated rings. The van der Waals surface area contributed by atoms with E-state index in [4.69, 9.17) is 4.52 Å². The van der Waals surface area contributed by atoms with E-state index in [9.17, 15) is 36.2 Å². The summed E-state index contributed by atoms with van der Waals surface area (Å²) in [5.74, 6) is -4.70. The van der Waals surface area contributed by atoms with Crippen molar-refractivity contribution in [2.24, 2.45) is 5.92 Å². The predicted octanol–water partition coefficient (Wildman–Crippen LogP) is 5.88. The fourth-order valence-corrected chi connectivity index (χ4v) is 4.44. The van der Waals surface area contributed by atoms with Gasteiger partial charge < -0.3 is 14.9 Å². The van der Waals surface area contributed by atoms with E-state index in [1.807, 2.05) is 5.32 Å². The molecule has 2 N–H and O–H groups in total. The lowest BCUT2D eigenvalue weighted by Crippen LogP contribution is -2.61. The number of benzene rings is 2. The molecule has 6 nitrogen and oxygen atoms in total. The van der Waals surface area contributed by atoms with Crippen LogP contribution in [0.1, 0.15) is 42.1 Å². The Morgan fingerprint density at radius 2 is 1.78 bits per heavy atom. The lowest BCUT2D eigenvalue weighted by atomic mass is 9.64. The molecule has 0 aliphatic heterocycles. The molecule has 0 spiro atoms. The van der Waals surface area contributed by atoms with Crippen molar-refractivity contribution in [2.75, 3.05) is 5.32 Å². The number of hydrogen-bond acceptors (Lipinski definition) is 5. The summed E-state index contributed by atoms with van der Waals surface area (Å²) < 4.78 is 89.7. The average molecular weight is 513 g/mol. The van der Waals surface area contributed by atoms with Gasteiger partial charge in [0.1, 0.15) is 0 Å². The number of anilines is 1. The quantitative estimate of drug-likeness (QED) is 0.402. The number of halogens is 6. The molecule has 192 valence electrons. The van der Waals surface area contributed by atoms with Gasteiger partial charge in [-0.2, -0.15) is 31.3 Å². The van der Waals surface area contributed by atoms with Crippen LogP contribution in [-0.2, 0) is 11.0 Å². The van der Waals surface area contributed by atoms with Gasteiger partial charge in [-0.1, -0.05) is 35.8 Å². The van der Waals surface area contributed by atoms with Crippen LogP contribution in [0.4, 0.5) is 32.0 Å². The lowest BCUT2D eigenvalue weighted by Gasteiger charge is -2.44. The van der Waals surface area contributed by atoms with Crippen molar-refractivity contribution < 1.29 is 40.8 Å². The molecule has 2 atom stereocenters. The fourth-order valence-electron chi connectivity index (χ4n) is 4.44. The zero-order chi connectivity index (χ0) is 26.3. The molecule has 1 aromatic heterocycles. The van der Waals surface area contributed by atoms with Crippen LogP contribution in [0, 0.1) is 12.8 Å². The van der Waals surface area contributed by atoms with Gasteiger partial charge in [0.2, 0.25) is 5.60 Å². The highest BCUT2D eigenvalue weighted by molar-refractivity contribution is 5.99. The summed E-state index contributed by atoms with van der Waals surface area (Å²) in [6.45, 7) is 1.56. The number of nitrogens with zero attached hydrogens (tertiary/aromatic N) is 2. The molecule has 1 aliphatic rings. The van der Waals surface area contributed by atoms with Crippen LogP contribution in [0.25, 0.3) is 11.5 Å². The Morgan fingerprint density at radius 1 is 1.08 bits per heavy atom. The van der Waals surface area contributed by atoms with E-state index in [1.54, 1.807) is 6.92 Å². The summed E-state index contributed by atoms with van der Waals surface area (Å²) in [4.78, 5) is 17.1. The van der Waals surface area contributed by atoms with Gasteiger partial charge in [-0.15, -0.1) is 0 Å². The summed E-state index contributed by atoms with van der Waals surface area (Å²) in [5.41, 5.74) is -6.11. The van der Waals surface area contributed by atoms with Crippen LogP contribution in [-0.4, -0.2) is 32.9 Å². The molecule has 1 heterocycles. The van der Waals surface area contributed by atoms with Crippen molar-refractivity contribution in [1.82, 2.24) is 10.1 Å². The molecule has 12 heteroatoms. The molecule has 4 rings (SSSR count). The van der Waals surface area contributed by atoms with Crippen LogP contribution in [0.5, 0.6) is 0 Å². The number of rotatable bonds is 6. The van der Waals surface area contributed by atoms with Gasteiger partial charge in [-0.25, -0.2) is 0 Å². The van der Waals surface area contributed by atoms with Crippen LogP contribution in [0.15, 0.2) is 53.1 Å². The lowest BCUT2D eigenvalue weighted by molar-refractivity contribution is -0.263. The first kappa shape index (κ1) is 25.7. The summed E-state index contributed by atoms with van der Waals surface area (Å²) in [5, 5.41) is 16.7. The highest BCUT2D eigenvalue weighted by Gasteiger charge is 2.66. The number of aromatic nitrogens is 2. The monoisotopic (exact) mass is 513 g/mol. The Labute approximate surface area is 201 Å². The van der Waals surface area contributed by atoms with Crippen LogP contribution < -0.4 is 5.32 Å². The Bertz CT molecular complexity index is 1250. The van der Waals surface area contributed by atoms with Gasteiger partial charge in [0.25, 0.3) is 11.8 Å². The molecule has 1 aliphatic carbocycles. The van der Waals surface area contributed by atoms with Crippen molar-refractivity contribution in [3.05, 3.63) is 65.5 Å². The minimum atomic E-state index is -5.59. The van der Waals surface area contributed by atoms with E-state index in [2.05, 4.69) is 10.1 Å². The Morgan fingerprint density at radius 3 is 2.33 bits per heavy atom. The highest BCUT2D eigenvalue weighted by Crippen LogP contribution is 2.53. The Hall–Kier alpha value is -3.41. The number of hydrogen-bond donors (Lipinski definition) is 2. The summed E-state index contributed by atoms with van der Waals surface area (Å²) in [6, 6.07) is 9.16. The maximum absolute atomic E-state index is 14.5. The van der Waals surface area contributed by atoms with Crippen molar-refractivity contribution in [3.63, 3.8) is 0 Å². The highest BCUT2D eigenvalue weighted by atomic mass is 19.4. The van der Waals surface area contributed by atoms with Gasteiger partial charge in [-0.05, 0) is 55.5 Å². The summed E-state index contributed by atoms with van der Waals surface area (Å²) in [6.07, 6.45) is -9.84. The van der Waals surface area contributed by atoms with Crippen molar-refractivity contribution in [3.8, 4) is 11.5 Å². The first-order chi connectivity index (χ1) is 16.8. The molecule has 2 unspecified atom stereocenters. The largest absolute Gasteiger partial charge is 0.427 e. The van der Waals surface area contributed by atoms with Crippen molar-refractivity contribution >= 4 is 11.6 Å². The average Bonchev–Trinajstić information content (AvgIpc) is 3.20. The normalized spacial score (nSPS) is 17.2. The van der Waals surface area contributed by atoms with E-state index >= 15 is 0 Å². The van der Waals surface area contributed by atoms with Crippen molar-refractivity contribution in [1.29, 1.82) is 0 Å². The third-order valence-electron chi connectivity index (χ3n) is 6.35. The number of amides is 1. The summed E-state index contributed by atoms with van der Waals surface area (Å²) >= 11 is 0. The Balaban J connectivity index is 1.77. The third-order valence-corrected chi connectivity index (χ3v) is 6.35. The van der Waals surface area contributed by atoms with Crippen LogP contribution >= 0.6 is 0 Å². The number of nitrogens with one attached hydrogen (secondary N) is 1. The molecule has 3 aromatic rings. The molecule has 1 saturated carbocycles. The molecule has 0 radical (unpaired) electrons. The molecule has 1 amide bonds. The maximum Gasteiger partial charge on any atom is 0.427 e. The smallest absolute Gasteiger partial charge is 0.372 e. The maximum atomic E-state index is 14.5. The third kappa shape index (κ3) is 4.69. The van der Waals surface area contributed by atoms with Gasteiger partial charge in [0.15, 0.2) is 5.82 Å². The first-order valence-electron chi connectivity index (χ1n) is 11.0. The Kier molecular flexibility index (Phi) is 6.58. The van der Waals surface area contributed by atoms with Gasteiger partial charge in [0, 0.05) is 17.2 Å². The molecular weight excluding hydrogens is 492 g/mol. The second kappa shape index (κ2) is 9.23. The number of carbonyl (C=O) groups excluding carboxylic acids is 1. The standard InChI is InChI=1S/C24H21F6N3O3/c1-13-31-20(36-33-13)15-8-5-9-16(12-15)32-21(34)22(35,24(28,29)30)19(14-6-4-7-14)17-10-2-3-11-18(17)23(25,26)27/h2-3,5,8-12,14,19,35H,4,6-7H2,1H3,(H,32,34). The molecule has 36 heavy (non-hydrogen) atoms. The van der Waals surface area contributed by atoms with Crippen LogP contribution in [0.3, 0.4) is 0 Å². The topological polar surface area (TPSA) is 88.2 Å². The van der Waals surface area contributed by atoms with Gasteiger partial charge in [0.05, 0.1) is 5.56 Å². The first-order valence-corrected chi connectivity index (χ1v) is 11.0. The van der Waals surface area contributed by atoms with Crippen molar-refractivity contribution in [2.45, 2.75) is 50.1 Å². The molecule has 2 aromatic carbocycles. The summed E-state index contributed by atoms with van der Waals surface area (Å²) in [7, 11) is 0. The van der Waals surface area contributed by atoms with Gasteiger partial charge in [-0.3, -0.25) is 4.79 Å². The zero-order valence-corrected chi connectivity index (χ0v) is 18.8. The molecule has 0 bridgehead atoms. The minimum absolute atomic E-state index is 0.0427. The minimum Gasteiger partial charge on any atom is -0.372 e. The van der Waals surface area contributed by atoms with E-state index < -0.39 is 46.8 Å². The number of alkyl halides is 6. The van der Waals surface area contributed by atoms with E-state index in [-0.39, 0.29) is 30.0 Å². The van der Waals surface area contributed by atoms with E-state index in [1.165, 1.54) is 24.3 Å². The predicted molar refractivity (Wildman–Crippen MR) is 116 cm³/mol. The second-order valence-electron chi connectivity index (χ2n) is 8.70. The number of aliphatic hydroxyl groups is 1. The fraction of sp³-hybridized carbons (Fsp3) is 0.375. The van der Waals surface area contributed by atoms with Gasteiger partial charge >= 0.3 is 12.4 Å². The number of carbonyl (C=O) groups is 1. The molecule has 0 saturated heterocycles.